The minimum atomic E-state index is -0.321. The summed E-state index contributed by atoms with van der Waals surface area (Å²) in [5, 5.41) is 0. The van der Waals surface area contributed by atoms with Gasteiger partial charge in [0.25, 0.3) is 0 Å². The first-order valence-corrected chi connectivity index (χ1v) is 7.80. The Balaban J connectivity index is 2.17. The molecule has 25 heavy (non-hydrogen) atoms. The van der Waals surface area contributed by atoms with Crippen LogP contribution in [0.4, 0.5) is 0 Å². The van der Waals surface area contributed by atoms with Gasteiger partial charge in [0.2, 0.25) is 11.5 Å². The monoisotopic (exact) mass is 344 g/mol. The maximum atomic E-state index is 12.2. The molecule has 0 fully saturated rings. The summed E-state index contributed by atoms with van der Waals surface area (Å²) >= 11 is 0. The number of ether oxygens (including phenoxy) is 5. The molecule has 0 saturated carbocycles. The Labute approximate surface area is 146 Å². The maximum Gasteiger partial charge on any atom is 0.312 e. The summed E-state index contributed by atoms with van der Waals surface area (Å²) in [4.78, 5) is 12.2. The van der Waals surface area contributed by atoms with Crippen molar-refractivity contribution in [3.05, 3.63) is 41.5 Å². The molecule has 2 aromatic rings. The Kier molecular flexibility index (Phi) is 4.70. The van der Waals surface area contributed by atoms with Crippen LogP contribution < -0.4 is 23.7 Å². The van der Waals surface area contributed by atoms with Gasteiger partial charge in [-0.15, -0.1) is 0 Å². The van der Waals surface area contributed by atoms with Crippen LogP contribution in [0.5, 0.6) is 28.7 Å². The van der Waals surface area contributed by atoms with Gasteiger partial charge in [-0.1, -0.05) is 12.1 Å². The lowest BCUT2D eigenvalue weighted by Crippen LogP contribution is -2.22. The first-order valence-electron chi connectivity index (χ1n) is 7.80. The van der Waals surface area contributed by atoms with E-state index >= 15 is 0 Å². The molecule has 1 aliphatic heterocycles. The number of esters is 1. The number of benzene rings is 2. The fraction of sp³-hybridized carbons (Fsp3) is 0.316. The number of hydrogen-bond donors (Lipinski definition) is 0. The average molecular weight is 344 g/mol. The zero-order valence-corrected chi connectivity index (χ0v) is 14.6. The molecule has 2 aromatic carbocycles. The quantitative estimate of drug-likeness (QED) is 0.613. The molecule has 132 valence electrons. The van der Waals surface area contributed by atoms with Gasteiger partial charge in [-0.25, -0.2) is 0 Å². The van der Waals surface area contributed by atoms with Gasteiger partial charge in [0, 0.05) is 11.5 Å². The van der Waals surface area contributed by atoms with Crippen molar-refractivity contribution in [2.45, 2.75) is 12.3 Å². The van der Waals surface area contributed by atoms with E-state index in [-0.39, 0.29) is 18.3 Å². The maximum absolute atomic E-state index is 12.2. The van der Waals surface area contributed by atoms with Gasteiger partial charge >= 0.3 is 5.97 Å². The van der Waals surface area contributed by atoms with Crippen LogP contribution in [0.15, 0.2) is 30.3 Å². The Morgan fingerprint density at radius 1 is 0.920 bits per heavy atom. The van der Waals surface area contributed by atoms with E-state index in [1.807, 2.05) is 30.3 Å². The SMILES string of the molecule is COc1ccc(C2CC(=O)Oc3c2cc(OC)c(OC)c3OC)cc1. The molecule has 0 radical (unpaired) electrons. The lowest BCUT2D eigenvalue weighted by Gasteiger charge is -2.28. The lowest BCUT2D eigenvalue weighted by atomic mass is 9.86. The van der Waals surface area contributed by atoms with Crippen LogP contribution in [0, 0.1) is 0 Å². The highest BCUT2D eigenvalue weighted by Gasteiger charge is 2.34. The van der Waals surface area contributed by atoms with Crippen molar-refractivity contribution in [1.29, 1.82) is 0 Å². The fourth-order valence-electron chi connectivity index (χ4n) is 3.08. The Morgan fingerprint density at radius 3 is 2.16 bits per heavy atom. The molecule has 6 nitrogen and oxygen atoms in total. The Hall–Kier alpha value is -2.89. The van der Waals surface area contributed by atoms with Crippen molar-refractivity contribution < 1.29 is 28.5 Å². The minimum absolute atomic E-state index is 0.170. The molecule has 0 saturated heterocycles. The second kappa shape index (κ2) is 6.93. The van der Waals surface area contributed by atoms with Crippen LogP contribution in [0.25, 0.3) is 0 Å². The van der Waals surface area contributed by atoms with Gasteiger partial charge in [-0.05, 0) is 23.8 Å². The summed E-state index contributed by atoms with van der Waals surface area (Å²) in [6.45, 7) is 0. The van der Waals surface area contributed by atoms with E-state index in [4.69, 9.17) is 23.7 Å². The molecule has 0 bridgehead atoms. The van der Waals surface area contributed by atoms with Crippen LogP contribution >= 0.6 is 0 Å². The topological polar surface area (TPSA) is 63.2 Å². The van der Waals surface area contributed by atoms with Crippen molar-refractivity contribution in [1.82, 2.24) is 0 Å². The zero-order valence-electron chi connectivity index (χ0n) is 14.6. The third-order valence-corrected chi connectivity index (χ3v) is 4.29. The van der Waals surface area contributed by atoms with Crippen LogP contribution in [0.3, 0.4) is 0 Å². The molecular formula is C19H20O6. The Bertz CT molecular complexity index is 781. The van der Waals surface area contributed by atoms with Crippen LogP contribution in [-0.4, -0.2) is 34.4 Å². The summed E-state index contributed by atoms with van der Waals surface area (Å²) < 4.78 is 26.9. The van der Waals surface area contributed by atoms with E-state index in [9.17, 15) is 4.79 Å². The molecule has 0 aromatic heterocycles. The van der Waals surface area contributed by atoms with Crippen molar-refractivity contribution in [2.24, 2.45) is 0 Å². The van der Waals surface area contributed by atoms with Crippen LogP contribution in [0.1, 0.15) is 23.5 Å². The molecular weight excluding hydrogens is 324 g/mol. The third kappa shape index (κ3) is 2.95. The molecule has 1 unspecified atom stereocenters. The molecule has 0 aliphatic carbocycles. The van der Waals surface area contributed by atoms with Gasteiger partial charge < -0.3 is 23.7 Å². The third-order valence-electron chi connectivity index (χ3n) is 4.29. The molecule has 6 heteroatoms. The highest BCUT2D eigenvalue weighted by atomic mass is 16.6. The number of hydrogen-bond acceptors (Lipinski definition) is 6. The number of carbonyl (C=O) groups is 1. The molecule has 3 rings (SSSR count). The highest BCUT2D eigenvalue weighted by Crippen LogP contribution is 2.52. The van der Waals surface area contributed by atoms with E-state index < -0.39 is 0 Å². The van der Waals surface area contributed by atoms with Crippen LogP contribution in [0.2, 0.25) is 0 Å². The minimum Gasteiger partial charge on any atom is -0.497 e. The van der Waals surface area contributed by atoms with Crippen LogP contribution in [-0.2, 0) is 4.79 Å². The second-order valence-corrected chi connectivity index (χ2v) is 5.57. The largest absolute Gasteiger partial charge is 0.497 e. The molecule has 0 N–H and O–H groups in total. The summed E-state index contributed by atoms with van der Waals surface area (Å²) in [5.41, 5.74) is 1.80. The molecule has 1 heterocycles. The van der Waals surface area contributed by atoms with Crippen molar-refractivity contribution in [3.8, 4) is 28.7 Å². The molecule has 0 amide bonds. The van der Waals surface area contributed by atoms with Gasteiger partial charge in [0.05, 0.1) is 34.9 Å². The number of carbonyl (C=O) groups excluding carboxylic acids is 1. The normalized spacial score (nSPS) is 15.8. The summed E-state index contributed by atoms with van der Waals surface area (Å²) in [6.07, 6.45) is 0.234. The van der Waals surface area contributed by atoms with E-state index in [1.54, 1.807) is 14.2 Å². The molecule has 1 atom stereocenters. The van der Waals surface area contributed by atoms with Crippen molar-refractivity contribution in [2.75, 3.05) is 28.4 Å². The lowest BCUT2D eigenvalue weighted by molar-refractivity contribution is -0.135. The second-order valence-electron chi connectivity index (χ2n) is 5.57. The van der Waals surface area contributed by atoms with E-state index in [2.05, 4.69) is 0 Å². The summed E-state index contributed by atoms with van der Waals surface area (Å²) in [7, 11) is 6.19. The van der Waals surface area contributed by atoms with Gasteiger partial charge in [-0.3, -0.25) is 4.79 Å². The number of methoxy groups -OCH3 is 4. The molecule has 0 spiro atoms. The smallest absolute Gasteiger partial charge is 0.312 e. The van der Waals surface area contributed by atoms with E-state index in [0.717, 1.165) is 16.9 Å². The van der Waals surface area contributed by atoms with Gasteiger partial charge in [0.15, 0.2) is 11.5 Å². The summed E-state index contributed by atoms with van der Waals surface area (Å²) in [6, 6.07) is 9.45. The predicted octanol–water partition coefficient (Wildman–Crippen LogP) is 3.16. The first kappa shape index (κ1) is 17.0. The van der Waals surface area contributed by atoms with E-state index in [0.29, 0.717) is 23.0 Å². The Morgan fingerprint density at radius 2 is 1.60 bits per heavy atom. The van der Waals surface area contributed by atoms with Crippen molar-refractivity contribution >= 4 is 5.97 Å². The van der Waals surface area contributed by atoms with Gasteiger partial charge in [-0.2, -0.15) is 0 Å². The predicted molar refractivity (Wildman–Crippen MR) is 91.2 cm³/mol. The first-order chi connectivity index (χ1) is 12.1. The summed E-state index contributed by atoms with van der Waals surface area (Å²) in [5.74, 6) is 1.91. The number of fused-ring (bicyclic) bond motifs is 1. The average Bonchev–Trinajstić information content (AvgIpc) is 2.65. The standard InChI is InChI=1S/C19H20O6/c1-21-12-7-5-11(6-8-12)13-10-16(20)25-17-14(13)9-15(22-2)18(23-3)19(17)24-4/h5-9,13H,10H2,1-4H3. The van der Waals surface area contributed by atoms with E-state index in [1.165, 1.54) is 14.2 Å². The highest BCUT2D eigenvalue weighted by molar-refractivity contribution is 5.81. The van der Waals surface area contributed by atoms with Crippen molar-refractivity contribution in [3.63, 3.8) is 0 Å². The zero-order chi connectivity index (χ0) is 18.0. The number of rotatable bonds is 5. The van der Waals surface area contributed by atoms with Gasteiger partial charge in [0.1, 0.15) is 5.75 Å². The fourth-order valence-corrected chi connectivity index (χ4v) is 3.08. The molecule has 1 aliphatic rings.